The van der Waals surface area contributed by atoms with E-state index in [-0.39, 0.29) is 17.6 Å². The average molecular weight is 394 g/mol. The van der Waals surface area contributed by atoms with Gasteiger partial charge < -0.3 is 10.2 Å². The SMILES string of the molecule is CCCCS(=O)(=O)N1CCC(C(=O)Nc2cccc(N3CCCC3)c2)CC1. The minimum Gasteiger partial charge on any atom is -0.371 e. The van der Waals surface area contributed by atoms with Gasteiger partial charge in [-0.1, -0.05) is 19.4 Å². The van der Waals surface area contributed by atoms with Gasteiger partial charge in [0.1, 0.15) is 0 Å². The standard InChI is InChI=1S/C20H31N3O3S/c1-2-3-15-27(25,26)23-13-9-17(10-14-23)20(24)21-18-7-6-8-19(16-18)22-11-4-5-12-22/h6-8,16-17H,2-5,9-15H2,1H3,(H,21,24). The second kappa shape index (κ2) is 9.06. The van der Waals surface area contributed by atoms with E-state index in [1.165, 1.54) is 12.8 Å². The van der Waals surface area contributed by atoms with Gasteiger partial charge >= 0.3 is 0 Å². The largest absolute Gasteiger partial charge is 0.371 e. The summed E-state index contributed by atoms with van der Waals surface area (Å²) in [5, 5.41) is 3.03. The van der Waals surface area contributed by atoms with E-state index in [2.05, 4.69) is 16.3 Å². The molecule has 27 heavy (non-hydrogen) atoms. The number of carbonyl (C=O) groups excluding carboxylic acids is 1. The number of sulfonamides is 1. The zero-order valence-electron chi connectivity index (χ0n) is 16.2. The lowest BCUT2D eigenvalue weighted by Gasteiger charge is -2.30. The van der Waals surface area contributed by atoms with Crippen molar-refractivity contribution in [3.8, 4) is 0 Å². The Labute approximate surface area is 163 Å². The van der Waals surface area contributed by atoms with Crippen molar-refractivity contribution in [1.82, 2.24) is 4.31 Å². The fourth-order valence-corrected chi connectivity index (χ4v) is 5.53. The molecule has 1 N–H and O–H groups in total. The molecule has 0 spiro atoms. The number of nitrogens with one attached hydrogen (secondary N) is 1. The van der Waals surface area contributed by atoms with Crippen molar-refractivity contribution in [1.29, 1.82) is 0 Å². The maximum absolute atomic E-state index is 12.6. The van der Waals surface area contributed by atoms with Gasteiger partial charge in [0.2, 0.25) is 15.9 Å². The lowest BCUT2D eigenvalue weighted by molar-refractivity contribution is -0.120. The Hall–Kier alpha value is -1.60. The van der Waals surface area contributed by atoms with Crippen LogP contribution in [0.5, 0.6) is 0 Å². The smallest absolute Gasteiger partial charge is 0.227 e. The Morgan fingerprint density at radius 3 is 2.52 bits per heavy atom. The molecule has 0 aliphatic carbocycles. The lowest BCUT2D eigenvalue weighted by Crippen LogP contribution is -2.42. The second-order valence-electron chi connectivity index (χ2n) is 7.58. The van der Waals surface area contributed by atoms with Crippen LogP contribution in [-0.4, -0.2) is 50.6 Å². The van der Waals surface area contributed by atoms with E-state index in [0.717, 1.165) is 30.9 Å². The van der Waals surface area contributed by atoms with Crippen LogP contribution >= 0.6 is 0 Å². The number of rotatable bonds is 7. The first-order valence-corrected chi connectivity index (χ1v) is 11.7. The quantitative estimate of drug-likeness (QED) is 0.773. The number of carbonyl (C=O) groups is 1. The van der Waals surface area contributed by atoms with Crippen molar-refractivity contribution >= 4 is 27.3 Å². The van der Waals surface area contributed by atoms with Crippen molar-refractivity contribution in [3.05, 3.63) is 24.3 Å². The molecule has 6 nitrogen and oxygen atoms in total. The van der Waals surface area contributed by atoms with Crippen molar-refractivity contribution in [2.45, 2.75) is 45.4 Å². The Balaban J connectivity index is 1.53. The predicted octanol–water partition coefficient (Wildman–Crippen LogP) is 3.07. The highest BCUT2D eigenvalue weighted by Gasteiger charge is 2.30. The number of unbranched alkanes of at least 4 members (excludes halogenated alkanes) is 1. The summed E-state index contributed by atoms with van der Waals surface area (Å²) in [7, 11) is -3.17. The molecule has 1 amide bonds. The first kappa shape index (κ1) is 20.1. The molecule has 0 radical (unpaired) electrons. The minimum absolute atomic E-state index is 0.000761. The minimum atomic E-state index is -3.17. The molecule has 0 aromatic heterocycles. The number of anilines is 2. The van der Waals surface area contributed by atoms with Gasteiger partial charge in [-0.2, -0.15) is 0 Å². The number of amides is 1. The van der Waals surface area contributed by atoms with Crippen LogP contribution in [-0.2, 0) is 14.8 Å². The van der Waals surface area contributed by atoms with Crippen molar-refractivity contribution in [2.75, 3.05) is 42.1 Å². The summed E-state index contributed by atoms with van der Waals surface area (Å²) in [5.74, 6) is 0.0844. The number of nitrogens with zero attached hydrogens (tertiary/aromatic N) is 2. The molecule has 1 aromatic carbocycles. The topological polar surface area (TPSA) is 69.7 Å². The van der Waals surface area contributed by atoms with E-state index in [4.69, 9.17) is 0 Å². The molecular formula is C20H31N3O3S. The third-order valence-corrected chi connectivity index (χ3v) is 7.52. The molecular weight excluding hydrogens is 362 g/mol. The van der Waals surface area contributed by atoms with E-state index in [9.17, 15) is 13.2 Å². The molecule has 2 fully saturated rings. The van der Waals surface area contributed by atoms with Crippen LogP contribution in [0.25, 0.3) is 0 Å². The predicted molar refractivity (Wildman–Crippen MR) is 110 cm³/mol. The monoisotopic (exact) mass is 393 g/mol. The van der Waals surface area contributed by atoms with Crippen LogP contribution in [0.2, 0.25) is 0 Å². The van der Waals surface area contributed by atoms with E-state index in [0.29, 0.717) is 32.4 Å². The summed E-state index contributed by atoms with van der Waals surface area (Å²) in [5.41, 5.74) is 1.98. The van der Waals surface area contributed by atoms with Gasteiger partial charge in [0.15, 0.2) is 0 Å². The zero-order chi connectivity index (χ0) is 19.3. The highest BCUT2D eigenvalue weighted by molar-refractivity contribution is 7.89. The Kier molecular flexibility index (Phi) is 6.76. The summed E-state index contributed by atoms with van der Waals surface area (Å²) < 4.78 is 26.1. The summed E-state index contributed by atoms with van der Waals surface area (Å²) in [4.78, 5) is 15.0. The first-order chi connectivity index (χ1) is 13.0. The van der Waals surface area contributed by atoms with E-state index in [1.54, 1.807) is 4.31 Å². The molecule has 0 unspecified atom stereocenters. The maximum Gasteiger partial charge on any atom is 0.227 e. The number of piperidine rings is 1. The van der Waals surface area contributed by atoms with Gasteiger partial charge in [0, 0.05) is 43.5 Å². The molecule has 1 aromatic rings. The van der Waals surface area contributed by atoms with Crippen LogP contribution in [0, 0.1) is 5.92 Å². The van der Waals surface area contributed by atoms with Crippen LogP contribution in [0.15, 0.2) is 24.3 Å². The Bertz CT molecular complexity index is 737. The third kappa shape index (κ3) is 5.23. The Morgan fingerprint density at radius 2 is 1.85 bits per heavy atom. The molecule has 150 valence electrons. The lowest BCUT2D eigenvalue weighted by atomic mass is 9.97. The van der Waals surface area contributed by atoms with Crippen LogP contribution < -0.4 is 10.2 Å². The van der Waals surface area contributed by atoms with Gasteiger partial charge in [-0.25, -0.2) is 12.7 Å². The van der Waals surface area contributed by atoms with E-state index in [1.807, 2.05) is 25.1 Å². The number of hydrogen-bond acceptors (Lipinski definition) is 4. The van der Waals surface area contributed by atoms with Crippen LogP contribution in [0.4, 0.5) is 11.4 Å². The molecule has 2 heterocycles. The average Bonchev–Trinajstić information content (AvgIpc) is 3.21. The Morgan fingerprint density at radius 1 is 1.15 bits per heavy atom. The van der Waals surface area contributed by atoms with Gasteiger partial charge in [0.25, 0.3) is 0 Å². The van der Waals surface area contributed by atoms with Gasteiger partial charge in [-0.05, 0) is 50.3 Å². The summed E-state index contributed by atoms with van der Waals surface area (Å²) >= 11 is 0. The number of hydrogen-bond donors (Lipinski definition) is 1. The molecule has 3 rings (SSSR count). The van der Waals surface area contributed by atoms with Gasteiger partial charge in [-0.15, -0.1) is 0 Å². The summed E-state index contributed by atoms with van der Waals surface area (Å²) in [6.45, 7) is 5.02. The fourth-order valence-electron chi connectivity index (χ4n) is 3.85. The summed E-state index contributed by atoms with van der Waals surface area (Å²) in [6, 6.07) is 8.02. The normalized spacial score (nSPS) is 19.4. The second-order valence-corrected chi connectivity index (χ2v) is 9.67. The molecule has 2 aliphatic rings. The van der Waals surface area contributed by atoms with E-state index >= 15 is 0 Å². The third-order valence-electron chi connectivity index (χ3n) is 5.56. The molecule has 2 aliphatic heterocycles. The van der Waals surface area contributed by atoms with E-state index < -0.39 is 10.0 Å². The van der Waals surface area contributed by atoms with Crippen molar-refractivity contribution in [2.24, 2.45) is 5.92 Å². The van der Waals surface area contributed by atoms with Gasteiger partial charge in [0.05, 0.1) is 5.75 Å². The van der Waals surface area contributed by atoms with Crippen molar-refractivity contribution < 1.29 is 13.2 Å². The van der Waals surface area contributed by atoms with Gasteiger partial charge in [-0.3, -0.25) is 4.79 Å². The van der Waals surface area contributed by atoms with Crippen molar-refractivity contribution in [3.63, 3.8) is 0 Å². The number of benzene rings is 1. The molecule has 0 atom stereocenters. The zero-order valence-corrected chi connectivity index (χ0v) is 17.0. The molecule has 2 saturated heterocycles. The fraction of sp³-hybridized carbons (Fsp3) is 0.650. The highest BCUT2D eigenvalue weighted by atomic mass is 32.2. The maximum atomic E-state index is 12.6. The van der Waals surface area contributed by atoms with Crippen LogP contribution in [0.3, 0.4) is 0 Å². The highest BCUT2D eigenvalue weighted by Crippen LogP contribution is 2.25. The summed E-state index contributed by atoms with van der Waals surface area (Å²) in [6.07, 6.45) is 5.17. The van der Waals surface area contributed by atoms with Crippen LogP contribution in [0.1, 0.15) is 45.4 Å². The molecule has 0 bridgehead atoms. The molecule has 0 saturated carbocycles. The first-order valence-electron chi connectivity index (χ1n) is 10.1. The molecule has 7 heteroatoms.